The first-order valence-electron chi connectivity index (χ1n) is 11.1. The van der Waals surface area contributed by atoms with Gasteiger partial charge in [0, 0.05) is 37.8 Å². The zero-order valence-corrected chi connectivity index (χ0v) is 18.4. The number of benzene rings is 2. The molecular formula is C26H28N4O3. The molecular weight excluding hydrogens is 416 g/mol. The smallest absolute Gasteiger partial charge is 0.251 e. The lowest BCUT2D eigenvalue weighted by molar-refractivity contribution is -0.123. The van der Waals surface area contributed by atoms with Crippen LogP contribution in [0.25, 0.3) is 0 Å². The van der Waals surface area contributed by atoms with E-state index < -0.39 is 6.04 Å². The summed E-state index contributed by atoms with van der Waals surface area (Å²) in [6.07, 6.45) is 2.16. The molecule has 4 rings (SSSR count). The summed E-state index contributed by atoms with van der Waals surface area (Å²) in [6.45, 7) is 3.32. The molecule has 0 aliphatic carbocycles. The van der Waals surface area contributed by atoms with E-state index in [9.17, 15) is 9.59 Å². The average Bonchev–Trinajstić information content (AvgIpc) is 2.88. The fraction of sp³-hybridized carbons (Fsp3) is 0.269. The van der Waals surface area contributed by atoms with Crippen LogP contribution in [-0.2, 0) is 22.5 Å². The molecule has 170 valence electrons. The Hall–Kier alpha value is -3.71. The number of amides is 2. The molecule has 2 N–H and O–H groups in total. The van der Waals surface area contributed by atoms with E-state index in [1.807, 2.05) is 48.5 Å². The number of ether oxygens (including phenoxy) is 1. The molecule has 1 aliphatic rings. The van der Waals surface area contributed by atoms with E-state index in [0.29, 0.717) is 31.7 Å². The first-order valence-corrected chi connectivity index (χ1v) is 11.1. The van der Waals surface area contributed by atoms with Crippen LogP contribution < -0.4 is 15.5 Å². The maximum Gasteiger partial charge on any atom is 0.251 e. The van der Waals surface area contributed by atoms with Crippen LogP contribution >= 0.6 is 0 Å². The second kappa shape index (κ2) is 11.2. The van der Waals surface area contributed by atoms with Gasteiger partial charge >= 0.3 is 0 Å². The minimum Gasteiger partial charge on any atom is -0.378 e. The monoisotopic (exact) mass is 444 g/mol. The number of rotatable bonds is 8. The van der Waals surface area contributed by atoms with Crippen molar-refractivity contribution in [2.24, 2.45) is 0 Å². The summed E-state index contributed by atoms with van der Waals surface area (Å²) in [6, 6.07) is 21.8. The molecule has 1 atom stereocenters. The lowest BCUT2D eigenvalue weighted by Gasteiger charge is -2.28. The average molecular weight is 445 g/mol. The number of anilines is 1. The number of nitrogens with zero attached hydrogens (tertiary/aromatic N) is 2. The quantitative estimate of drug-likeness (QED) is 0.558. The second-order valence-electron chi connectivity index (χ2n) is 7.92. The molecule has 2 aromatic carbocycles. The van der Waals surface area contributed by atoms with Crippen LogP contribution in [0.15, 0.2) is 79.0 Å². The van der Waals surface area contributed by atoms with Crippen molar-refractivity contribution in [2.75, 3.05) is 31.2 Å². The van der Waals surface area contributed by atoms with E-state index in [-0.39, 0.29) is 11.8 Å². The fourth-order valence-electron chi connectivity index (χ4n) is 3.74. The standard InChI is InChI=1S/C26H28N4O3/c31-25(22-9-5-2-6-10-22)29-23(17-20-7-3-1-4-8-20)26(32)28-19-21-11-12-27-24(18-21)30-13-15-33-16-14-30/h1-12,18,23H,13-17,19H2,(H,28,32)(H,29,31)/t23-/m0/s1. The third-order valence-electron chi connectivity index (χ3n) is 5.55. The molecule has 1 aromatic heterocycles. The van der Waals surface area contributed by atoms with Crippen LogP contribution in [0, 0.1) is 0 Å². The van der Waals surface area contributed by atoms with Gasteiger partial charge in [-0.1, -0.05) is 48.5 Å². The van der Waals surface area contributed by atoms with Crippen LogP contribution in [0.1, 0.15) is 21.5 Å². The van der Waals surface area contributed by atoms with E-state index in [1.54, 1.807) is 30.5 Å². The molecule has 33 heavy (non-hydrogen) atoms. The predicted molar refractivity (Wildman–Crippen MR) is 127 cm³/mol. The van der Waals surface area contributed by atoms with E-state index in [4.69, 9.17) is 4.74 Å². The van der Waals surface area contributed by atoms with Gasteiger partial charge in [-0.2, -0.15) is 0 Å². The summed E-state index contributed by atoms with van der Waals surface area (Å²) in [7, 11) is 0. The molecule has 1 saturated heterocycles. The molecule has 0 radical (unpaired) electrons. The van der Waals surface area contributed by atoms with E-state index >= 15 is 0 Å². The van der Waals surface area contributed by atoms with E-state index in [0.717, 1.165) is 30.0 Å². The van der Waals surface area contributed by atoms with Crippen LogP contribution in [-0.4, -0.2) is 49.1 Å². The molecule has 0 bridgehead atoms. The van der Waals surface area contributed by atoms with Crippen molar-refractivity contribution in [3.05, 3.63) is 95.7 Å². The second-order valence-corrected chi connectivity index (χ2v) is 7.92. The fourth-order valence-corrected chi connectivity index (χ4v) is 3.74. The molecule has 2 amide bonds. The summed E-state index contributed by atoms with van der Waals surface area (Å²) in [5.41, 5.74) is 2.45. The summed E-state index contributed by atoms with van der Waals surface area (Å²) in [5, 5.41) is 5.88. The van der Waals surface area contributed by atoms with Crippen molar-refractivity contribution in [3.8, 4) is 0 Å². The summed E-state index contributed by atoms with van der Waals surface area (Å²) in [5.74, 6) is 0.376. The van der Waals surface area contributed by atoms with E-state index in [1.165, 1.54) is 0 Å². The van der Waals surface area contributed by atoms with Gasteiger partial charge in [-0.05, 0) is 35.4 Å². The van der Waals surface area contributed by atoms with Crippen molar-refractivity contribution >= 4 is 17.6 Å². The summed E-state index contributed by atoms with van der Waals surface area (Å²) in [4.78, 5) is 32.5. The molecule has 0 unspecified atom stereocenters. The number of carbonyl (C=O) groups excluding carboxylic acids is 2. The first kappa shape index (κ1) is 22.5. The van der Waals surface area contributed by atoms with Gasteiger partial charge in [-0.25, -0.2) is 4.98 Å². The Bertz CT molecular complexity index is 1050. The maximum atomic E-state index is 13.1. The zero-order chi connectivity index (χ0) is 22.9. The largest absolute Gasteiger partial charge is 0.378 e. The lowest BCUT2D eigenvalue weighted by atomic mass is 10.0. The Labute approximate surface area is 193 Å². The molecule has 0 saturated carbocycles. The normalized spacial score (nSPS) is 14.4. The Balaban J connectivity index is 1.43. The molecule has 3 aromatic rings. The summed E-state index contributed by atoms with van der Waals surface area (Å²) >= 11 is 0. The highest BCUT2D eigenvalue weighted by molar-refractivity contribution is 5.97. The third kappa shape index (κ3) is 6.40. The van der Waals surface area contributed by atoms with Gasteiger partial charge in [0.15, 0.2) is 0 Å². The van der Waals surface area contributed by atoms with Gasteiger partial charge in [0.2, 0.25) is 5.91 Å². The van der Waals surface area contributed by atoms with Crippen molar-refractivity contribution in [1.29, 1.82) is 0 Å². The highest BCUT2D eigenvalue weighted by Crippen LogP contribution is 2.14. The van der Waals surface area contributed by atoms with Gasteiger partial charge in [0.25, 0.3) is 5.91 Å². The van der Waals surface area contributed by atoms with Gasteiger partial charge in [-0.15, -0.1) is 0 Å². The Morgan fingerprint density at radius 3 is 2.36 bits per heavy atom. The van der Waals surface area contributed by atoms with Gasteiger partial charge in [-0.3, -0.25) is 9.59 Å². The number of hydrogen-bond donors (Lipinski definition) is 2. The molecule has 0 spiro atoms. The lowest BCUT2D eigenvalue weighted by Crippen LogP contribution is -2.47. The Morgan fingerprint density at radius 2 is 1.64 bits per heavy atom. The van der Waals surface area contributed by atoms with Crippen molar-refractivity contribution in [3.63, 3.8) is 0 Å². The highest BCUT2D eigenvalue weighted by Gasteiger charge is 2.22. The van der Waals surface area contributed by atoms with Crippen LogP contribution in [0.2, 0.25) is 0 Å². The number of nitrogens with one attached hydrogen (secondary N) is 2. The topological polar surface area (TPSA) is 83.6 Å². The van der Waals surface area contributed by atoms with Gasteiger partial charge in [0.05, 0.1) is 13.2 Å². The van der Waals surface area contributed by atoms with Crippen LogP contribution in [0.5, 0.6) is 0 Å². The minimum atomic E-state index is -0.694. The zero-order valence-electron chi connectivity index (χ0n) is 18.4. The Morgan fingerprint density at radius 1 is 0.939 bits per heavy atom. The highest BCUT2D eigenvalue weighted by atomic mass is 16.5. The SMILES string of the molecule is O=C(N[C@@H](Cc1ccccc1)C(=O)NCc1ccnc(N2CCOCC2)c1)c1ccccc1. The molecule has 7 nitrogen and oxygen atoms in total. The number of morpholine rings is 1. The van der Waals surface area contributed by atoms with Gasteiger partial charge in [0.1, 0.15) is 11.9 Å². The molecule has 7 heteroatoms. The number of aromatic nitrogens is 1. The van der Waals surface area contributed by atoms with Crippen molar-refractivity contribution in [1.82, 2.24) is 15.6 Å². The molecule has 1 fully saturated rings. The van der Waals surface area contributed by atoms with E-state index in [2.05, 4.69) is 20.5 Å². The summed E-state index contributed by atoms with van der Waals surface area (Å²) < 4.78 is 5.41. The third-order valence-corrected chi connectivity index (χ3v) is 5.55. The van der Waals surface area contributed by atoms with Crippen molar-refractivity contribution < 1.29 is 14.3 Å². The van der Waals surface area contributed by atoms with Crippen LogP contribution in [0.3, 0.4) is 0 Å². The number of carbonyl (C=O) groups is 2. The first-order chi connectivity index (χ1) is 16.2. The van der Waals surface area contributed by atoms with Crippen molar-refractivity contribution in [2.45, 2.75) is 19.0 Å². The minimum absolute atomic E-state index is 0.229. The Kier molecular flexibility index (Phi) is 7.66. The maximum absolute atomic E-state index is 13.1. The van der Waals surface area contributed by atoms with Crippen LogP contribution in [0.4, 0.5) is 5.82 Å². The molecule has 1 aliphatic heterocycles. The van der Waals surface area contributed by atoms with Gasteiger partial charge < -0.3 is 20.3 Å². The number of pyridine rings is 1. The molecule has 2 heterocycles. The predicted octanol–water partition coefficient (Wildman–Crippen LogP) is 2.58. The number of hydrogen-bond acceptors (Lipinski definition) is 5.